The zero-order chi connectivity index (χ0) is 25.7. The van der Waals surface area contributed by atoms with E-state index in [1.807, 2.05) is 12.3 Å². The molecule has 0 saturated carbocycles. The van der Waals surface area contributed by atoms with Gasteiger partial charge in [-0.2, -0.15) is 0 Å². The molecule has 0 spiro atoms. The van der Waals surface area contributed by atoms with Crippen molar-refractivity contribution in [3.8, 4) is 5.75 Å². The van der Waals surface area contributed by atoms with E-state index in [4.69, 9.17) is 9.72 Å². The Morgan fingerprint density at radius 1 is 1.14 bits per heavy atom. The summed E-state index contributed by atoms with van der Waals surface area (Å²) in [6, 6.07) is 13.5. The minimum absolute atomic E-state index is 0.394. The van der Waals surface area contributed by atoms with Crippen molar-refractivity contribution in [1.29, 1.82) is 0 Å². The summed E-state index contributed by atoms with van der Waals surface area (Å²) in [7, 11) is 0. The average Bonchev–Trinajstić information content (AvgIpc) is 3.44. The SMILES string of the molecule is C=C1Nc2ccc(C(=C)N3CCC(N4Cc5cnc(Nc6cc(C)cc(C)c6)nc5C4)CC3C)cc2O1. The number of aryl methyl sites for hydroxylation is 2. The van der Waals surface area contributed by atoms with Crippen LogP contribution in [0.1, 0.15) is 47.7 Å². The van der Waals surface area contributed by atoms with E-state index in [0.717, 1.165) is 66.6 Å². The van der Waals surface area contributed by atoms with Crippen LogP contribution >= 0.6 is 0 Å². The predicted octanol–water partition coefficient (Wildman–Crippen LogP) is 5.95. The molecule has 2 aromatic carbocycles. The third-order valence-corrected chi connectivity index (χ3v) is 7.69. The first-order valence-electron chi connectivity index (χ1n) is 13.0. The fourth-order valence-corrected chi connectivity index (χ4v) is 5.92. The Morgan fingerprint density at radius 2 is 1.95 bits per heavy atom. The van der Waals surface area contributed by atoms with E-state index in [0.29, 0.717) is 23.9 Å². The number of likely N-dealkylation sites (tertiary alicyclic amines) is 1. The van der Waals surface area contributed by atoms with Gasteiger partial charge in [0.15, 0.2) is 11.6 Å². The molecule has 2 atom stereocenters. The number of anilines is 3. The van der Waals surface area contributed by atoms with Crippen molar-refractivity contribution < 1.29 is 4.74 Å². The van der Waals surface area contributed by atoms with E-state index >= 15 is 0 Å². The highest BCUT2D eigenvalue weighted by Gasteiger charge is 2.34. The zero-order valence-electron chi connectivity index (χ0n) is 21.8. The lowest BCUT2D eigenvalue weighted by Gasteiger charge is -2.43. The summed E-state index contributed by atoms with van der Waals surface area (Å²) >= 11 is 0. The van der Waals surface area contributed by atoms with Crippen LogP contribution in [0.3, 0.4) is 0 Å². The van der Waals surface area contributed by atoms with Gasteiger partial charge in [0.1, 0.15) is 0 Å². The van der Waals surface area contributed by atoms with Crippen LogP contribution in [0.5, 0.6) is 5.75 Å². The van der Waals surface area contributed by atoms with Gasteiger partial charge >= 0.3 is 0 Å². The molecule has 2 N–H and O–H groups in total. The Hall–Kier alpha value is -3.84. The minimum atomic E-state index is 0.394. The standard InChI is InChI=1S/C30H34N6O/c1-18-10-19(2)12-25(11-18)33-30-31-15-24-16-35(17-28(24)34-30)26-8-9-36(20(3)13-26)21(4)23-6-7-27-29(14-23)37-22(5)32-27/h6-7,10-12,14-15,20,26,32H,4-5,8-9,13,16-17H2,1-3H3,(H,31,33,34). The molecular formula is C30H34N6O. The molecule has 1 fully saturated rings. The van der Waals surface area contributed by atoms with Crippen molar-refractivity contribution in [3.05, 3.63) is 89.6 Å². The molecule has 4 heterocycles. The molecule has 1 saturated heterocycles. The van der Waals surface area contributed by atoms with Crippen LogP contribution in [0.15, 0.2) is 61.6 Å². The molecule has 190 valence electrons. The lowest BCUT2D eigenvalue weighted by atomic mass is 9.95. The highest BCUT2D eigenvalue weighted by atomic mass is 16.5. The summed E-state index contributed by atoms with van der Waals surface area (Å²) in [6.07, 6.45) is 4.18. The van der Waals surface area contributed by atoms with E-state index < -0.39 is 0 Å². The number of piperidine rings is 1. The summed E-state index contributed by atoms with van der Waals surface area (Å²) in [5.41, 5.74) is 8.95. The molecule has 0 bridgehead atoms. The topological polar surface area (TPSA) is 65.5 Å². The predicted molar refractivity (Wildman–Crippen MR) is 149 cm³/mol. The van der Waals surface area contributed by atoms with Crippen LogP contribution in [-0.4, -0.2) is 38.4 Å². The van der Waals surface area contributed by atoms with Crippen LogP contribution in [0.2, 0.25) is 0 Å². The molecule has 0 amide bonds. The van der Waals surface area contributed by atoms with Gasteiger partial charge in [-0.25, -0.2) is 9.97 Å². The van der Waals surface area contributed by atoms with Crippen molar-refractivity contribution in [2.45, 2.75) is 58.8 Å². The van der Waals surface area contributed by atoms with Crippen LogP contribution < -0.4 is 15.4 Å². The van der Waals surface area contributed by atoms with Gasteiger partial charge in [-0.15, -0.1) is 0 Å². The second-order valence-corrected chi connectivity index (χ2v) is 10.6. The maximum absolute atomic E-state index is 5.69. The molecule has 37 heavy (non-hydrogen) atoms. The molecule has 0 radical (unpaired) electrons. The van der Waals surface area contributed by atoms with E-state index in [1.54, 1.807) is 0 Å². The number of nitrogens with one attached hydrogen (secondary N) is 2. The molecule has 3 aromatic rings. The van der Waals surface area contributed by atoms with Crippen molar-refractivity contribution >= 4 is 23.0 Å². The van der Waals surface area contributed by atoms with E-state index in [2.05, 4.69) is 89.7 Å². The molecule has 3 aliphatic rings. The monoisotopic (exact) mass is 494 g/mol. The molecular weight excluding hydrogens is 460 g/mol. The van der Waals surface area contributed by atoms with E-state index in [-0.39, 0.29) is 0 Å². The molecule has 7 nitrogen and oxygen atoms in total. The Morgan fingerprint density at radius 3 is 2.73 bits per heavy atom. The van der Waals surface area contributed by atoms with Gasteiger partial charge in [-0.3, -0.25) is 4.90 Å². The number of fused-ring (bicyclic) bond motifs is 2. The van der Waals surface area contributed by atoms with Crippen LogP contribution in [0, 0.1) is 13.8 Å². The number of hydrogen-bond acceptors (Lipinski definition) is 7. The number of hydrogen-bond donors (Lipinski definition) is 2. The van der Waals surface area contributed by atoms with Crippen molar-refractivity contribution in [2.24, 2.45) is 0 Å². The lowest BCUT2D eigenvalue weighted by molar-refractivity contribution is 0.102. The number of ether oxygens (including phenoxy) is 1. The maximum atomic E-state index is 5.69. The normalized spacial score (nSPS) is 20.7. The summed E-state index contributed by atoms with van der Waals surface area (Å²) in [4.78, 5) is 14.5. The molecule has 0 aliphatic carbocycles. The van der Waals surface area contributed by atoms with Crippen molar-refractivity contribution in [1.82, 2.24) is 19.8 Å². The average molecular weight is 495 g/mol. The molecule has 7 heteroatoms. The first-order valence-corrected chi connectivity index (χ1v) is 13.0. The van der Waals surface area contributed by atoms with Crippen LogP contribution in [0.4, 0.5) is 17.3 Å². The largest absolute Gasteiger partial charge is 0.439 e. The fourth-order valence-electron chi connectivity index (χ4n) is 5.92. The number of benzene rings is 2. The second kappa shape index (κ2) is 9.23. The van der Waals surface area contributed by atoms with Crippen LogP contribution in [0.25, 0.3) is 5.70 Å². The molecule has 2 unspecified atom stereocenters. The fraction of sp³-hybridized carbons (Fsp3) is 0.333. The van der Waals surface area contributed by atoms with Gasteiger partial charge in [-0.1, -0.05) is 18.7 Å². The Labute approximate surface area is 218 Å². The first kappa shape index (κ1) is 23.6. The van der Waals surface area contributed by atoms with Gasteiger partial charge in [-0.05, 0) is 75.6 Å². The highest BCUT2D eigenvalue weighted by Crippen LogP contribution is 2.38. The molecule has 3 aliphatic heterocycles. The summed E-state index contributed by atoms with van der Waals surface area (Å²) in [5.74, 6) is 2.05. The second-order valence-electron chi connectivity index (χ2n) is 10.6. The smallest absolute Gasteiger partial charge is 0.227 e. The number of rotatable bonds is 5. The third-order valence-electron chi connectivity index (χ3n) is 7.69. The van der Waals surface area contributed by atoms with Gasteiger partial charge in [0.05, 0.1) is 11.4 Å². The zero-order valence-corrected chi connectivity index (χ0v) is 21.8. The maximum Gasteiger partial charge on any atom is 0.227 e. The quantitative estimate of drug-likeness (QED) is 0.454. The third kappa shape index (κ3) is 4.67. The highest BCUT2D eigenvalue weighted by molar-refractivity contribution is 5.72. The van der Waals surface area contributed by atoms with Crippen LogP contribution in [-0.2, 0) is 13.1 Å². The Bertz CT molecular complexity index is 1380. The minimum Gasteiger partial charge on any atom is -0.439 e. The van der Waals surface area contributed by atoms with Crippen molar-refractivity contribution in [3.63, 3.8) is 0 Å². The van der Waals surface area contributed by atoms with Gasteiger partial charge in [0.2, 0.25) is 5.95 Å². The Balaban J connectivity index is 1.09. The first-order chi connectivity index (χ1) is 17.8. The summed E-state index contributed by atoms with van der Waals surface area (Å²) in [6.45, 7) is 17.6. The lowest BCUT2D eigenvalue weighted by Crippen LogP contribution is -2.46. The van der Waals surface area contributed by atoms with Gasteiger partial charge < -0.3 is 20.3 Å². The summed E-state index contributed by atoms with van der Waals surface area (Å²) in [5, 5.41) is 6.53. The summed E-state index contributed by atoms with van der Waals surface area (Å²) < 4.78 is 5.69. The van der Waals surface area contributed by atoms with Crippen molar-refractivity contribution in [2.75, 3.05) is 17.2 Å². The van der Waals surface area contributed by atoms with E-state index in [1.165, 1.54) is 16.7 Å². The number of nitrogens with zero attached hydrogens (tertiary/aromatic N) is 4. The number of aromatic nitrogens is 2. The molecule has 1 aromatic heterocycles. The van der Waals surface area contributed by atoms with Gasteiger partial charge in [0.25, 0.3) is 0 Å². The Kier molecular flexibility index (Phi) is 5.88. The van der Waals surface area contributed by atoms with Gasteiger partial charge in [0, 0.05) is 60.4 Å². The van der Waals surface area contributed by atoms with E-state index in [9.17, 15) is 0 Å². The molecule has 6 rings (SSSR count).